The molecule has 2 aromatic carbocycles. The predicted molar refractivity (Wildman–Crippen MR) is 123 cm³/mol. The van der Waals surface area contributed by atoms with E-state index in [-0.39, 0.29) is 11.9 Å². The summed E-state index contributed by atoms with van der Waals surface area (Å²) in [5, 5.41) is 5.45. The van der Waals surface area contributed by atoms with E-state index in [1.54, 1.807) is 12.1 Å². The van der Waals surface area contributed by atoms with Gasteiger partial charge < -0.3 is 10.6 Å². The molecule has 0 spiro atoms. The van der Waals surface area contributed by atoms with Crippen LogP contribution in [-0.2, 0) is 7.05 Å². The van der Waals surface area contributed by atoms with Gasteiger partial charge in [0.15, 0.2) is 0 Å². The Kier molecular flexibility index (Phi) is 4.94. The molecule has 1 aliphatic heterocycles. The Hall–Kier alpha value is -3.25. The van der Waals surface area contributed by atoms with Crippen molar-refractivity contribution >= 4 is 16.6 Å². The lowest BCUT2D eigenvalue weighted by Crippen LogP contribution is -2.40. The van der Waals surface area contributed by atoms with E-state index in [0.717, 1.165) is 70.3 Å². The highest BCUT2D eigenvalue weighted by Crippen LogP contribution is 2.41. The number of piperidine rings is 1. The van der Waals surface area contributed by atoms with E-state index in [1.165, 1.54) is 0 Å². The normalized spacial score (nSPS) is 15.0. The minimum absolute atomic E-state index is 0.230. The molecular formula is C25H26FN5. The van der Waals surface area contributed by atoms with E-state index in [4.69, 9.17) is 5.73 Å². The zero-order chi connectivity index (χ0) is 21.5. The number of pyridine rings is 1. The first-order valence-electron chi connectivity index (χ1n) is 10.7. The van der Waals surface area contributed by atoms with Crippen LogP contribution in [0, 0.1) is 12.7 Å². The Bertz CT molecular complexity index is 1230. The summed E-state index contributed by atoms with van der Waals surface area (Å²) in [5.74, 6) is -0.233. The van der Waals surface area contributed by atoms with E-state index < -0.39 is 0 Å². The second kappa shape index (κ2) is 7.78. The van der Waals surface area contributed by atoms with Crippen molar-refractivity contribution in [2.75, 3.05) is 18.0 Å². The third kappa shape index (κ3) is 3.68. The first kappa shape index (κ1) is 19.7. The van der Waals surface area contributed by atoms with Gasteiger partial charge in [-0.3, -0.25) is 9.67 Å². The minimum Gasteiger partial charge on any atom is -0.370 e. The molecular weight excluding hydrogens is 389 g/mol. The summed E-state index contributed by atoms with van der Waals surface area (Å²) < 4.78 is 16.2. The first-order valence-corrected chi connectivity index (χ1v) is 10.7. The Balaban J connectivity index is 1.71. The van der Waals surface area contributed by atoms with Crippen molar-refractivity contribution in [3.05, 3.63) is 66.4 Å². The third-order valence-corrected chi connectivity index (χ3v) is 6.18. The lowest BCUT2D eigenvalue weighted by atomic mass is 9.94. The van der Waals surface area contributed by atoms with Crippen molar-refractivity contribution in [2.24, 2.45) is 12.8 Å². The van der Waals surface area contributed by atoms with Crippen molar-refractivity contribution in [3.8, 4) is 22.3 Å². The van der Waals surface area contributed by atoms with Crippen LogP contribution < -0.4 is 10.6 Å². The summed E-state index contributed by atoms with van der Waals surface area (Å²) in [6.45, 7) is 3.66. The summed E-state index contributed by atoms with van der Waals surface area (Å²) in [4.78, 5) is 6.94. The number of nitrogens with zero attached hydrogens (tertiary/aromatic N) is 4. The minimum atomic E-state index is -0.233. The van der Waals surface area contributed by atoms with Crippen LogP contribution in [0.5, 0.6) is 0 Å². The van der Waals surface area contributed by atoms with E-state index in [2.05, 4.69) is 33.2 Å². The number of nitrogens with two attached hydrogens (primary N) is 1. The average Bonchev–Trinajstić information content (AvgIpc) is 3.13. The molecule has 0 radical (unpaired) electrons. The summed E-state index contributed by atoms with van der Waals surface area (Å²) >= 11 is 0. The Morgan fingerprint density at radius 1 is 0.968 bits per heavy atom. The van der Waals surface area contributed by atoms with Crippen LogP contribution in [0.15, 0.2) is 55.0 Å². The van der Waals surface area contributed by atoms with Gasteiger partial charge in [-0.05, 0) is 60.7 Å². The molecule has 5 rings (SSSR count). The predicted octanol–water partition coefficient (Wildman–Crippen LogP) is 4.68. The zero-order valence-corrected chi connectivity index (χ0v) is 17.8. The highest BCUT2D eigenvalue weighted by Gasteiger charge is 2.23. The van der Waals surface area contributed by atoms with Gasteiger partial charge in [0, 0.05) is 55.1 Å². The van der Waals surface area contributed by atoms with Gasteiger partial charge in [0.1, 0.15) is 5.82 Å². The number of hydrogen-bond acceptors (Lipinski definition) is 4. The number of fused-ring (bicyclic) bond motifs is 1. The SMILES string of the molecule is Cc1cc(F)cc(-c2cncc(-c3ccc4c(cnn4C)c3)c2N2CCC(N)CC2)c1. The summed E-state index contributed by atoms with van der Waals surface area (Å²) in [5.41, 5.74) is 13.2. The molecule has 5 nitrogen and oxygen atoms in total. The van der Waals surface area contributed by atoms with Crippen LogP contribution in [-0.4, -0.2) is 33.9 Å². The smallest absolute Gasteiger partial charge is 0.124 e. The molecule has 6 heteroatoms. The molecule has 1 saturated heterocycles. The van der Waals surface area contributed by atoms with E-state index in [1.807, 2.05) is 43.3 Å². The lowest BCUT2D eigenvalue weighted by Gasteiger charge is -2.35. The second-order valence-electron chi connectivity index (χ2n) is 8.47. The fourth-order valence-corrected chi connectivity index (χ4v) is 4.56. The maximum Gasteiger partial charge on any atom is 0.124 e. The van der Waals surface area contributed by atoms with Crippen LogP contribution in [0.2, 0.25) is 0 Å². The first-order chi connectivity index (χ1) is 15.0. The molecule has 0 amide bonds. The van der Waals surface area contributed by atoms with Gasteiger partial charge >= 0.3 is 0 Å². The van der Waals surface area contributed by atoms with Gasteiger partial charge in [0.25, 0.3) is 0 Å². The van der Waals surface area contributed by atoms with Crippen molar-refractivity contribution in [2.45, 2.75) is 25.8 Å². The maximum atomic E-state index is 14.3. The fourth-order valence-electron chi connectivity index (χ4n) is 4.56. The Morgan fingerprint density at radius 2 is 1.71 bits per heavy atom. The highest BCUT2D eigenvalue weighted by atomic mass is 19.1. The molecule has 0 bridgehead atoms. The second-order valence-corrected chi connectivity index (χ2v) is 8.47. The van der Waals surface area contributed by atoms with Gasteiger partial charge in [-0.15, -0.1) is 0 Å². The van der Waals surface area contributed by atoms with Crippen molar-refractivity contribution in [1.29, 1.82) is 0 Å². The molecule has 158 valence electrons. The van der Waals surface area contributed by atoms with Crippen molar-refractivity contribution in [1.82, 2.24) is 14.8 Å². The van der Waals surface area contributed by atoms with Gasteiger partial charge in [-0.1, -0.05) is 12.1 Å². The zero-order valence-electron chi connectivity index (χ0n) is 17.8. The highest BCUT2D eigenvalue weighted by molar-refractivity contribution is 5.93. The molecule has 0 aliphatic carbocycles. The molecule has 0 atom stereocenters. The Morgan fingerprint density at radius 3 is 2.45 bits per heavy atom. The number of aromatic nitrogens is 3. The van der Waals surface area contributed by atoms with Gasteiger partial charge in [0.2, 0.25) is 0 Å². The standard InChI is InChI=1S/C25H26FN5/c1-16-9-18(12-20(26)10-16)23-15-28-14-22(25(23)31-7-5-21(27)6-8-31)17-3-4-24-19(11-17)13-29-30(24)2/h3-4,9-15,21H,5-8,27H2,1-2H3. The van der Waals surface area contributed by atoms with E-state index in [0.29, 0.717) is 0 Å². The molecule has 31 heavy (non-hydrogen) atoms. The summed E-state index contributed by atoms with van der Waals surface area (Å²) in [6.07, 6.45) is 7.52. The third-order valence-electron chi connectivity index (χ3n) is 6.18. The van der Waals surface area contributed by atoms with Crippen molar-refractivity contribution < 1.29 is 4.39 Å². The van der Waals surface area contributed by atoms with Crippen LogP contribution in [0.1, 0.15) is 18.4 Å². The fraction of sp³-hybridized carbons (Fsp3) is 0.280. The number of anilines is 1. The number of aryl methyl sites for hydroxylation is 2. The van der Waals surface area contributed by atoms with Crippen LogP contribution in [0.3, 0.4) is 0 Å². The average molecular weight is 416 g/mol. The topological polar surface area (TPSA) is 60.0 Å². The number of benzene rings is 2. The molecule has 1 fully saturated rings. The largest absolute Gasteiger partial charge is 0.370 e. The molecule has 3 heterocycles. The van der Waals surface area contributed by atoms with Crippen LogP contribution in [0.4, 0.5) is 10.1 Å². The lowest BCUT2D eigenvalue weighted by molar-refractivity contribution is 0.501. The van der Waals surface area contributed by atoms with Crippen LogP contribution in [0.25, 0.3) is 33.2 Å². The molecule has 0 unspecified atom stereocenters. The number of hydrogen-bond donors (Lipinski definition) is 1. The van der Waals surface area contributed by atoms with Crippen LogP contribution >= 0.6 is 0 Å². The number of halogens is 1. The van der Waals surface area contributed by atoms with Gasteiger partial charge in [0.05, 0.1) is 17.4 Å². The van der Waals surface area contributed by atoms with Crippen molar-refractivity contribution in [3.63, 3.8) is 0 Å². The summed E-state index contributed by atoms with van der Waals surface area (Å²) in [7, 11) is 1.94. The molecule has 4 aromatic rings. The molecule has 2 aromatic heterocycles. The molecule has 0 saturated carbocycles. The van der Waals surface area contributed by atoms with E-state index in [9.17, 15) is 4.39 Å². The maximum absolute atomic E-state index is 14.3. The Labute approximate surface area is 181 Å². The number of rotatable bonds is 3. The molecule has 1 aliphatic rings. The molecule has 2 N–H and O–H groups in total. The van der Waals surface area contributed by atoms with Gasteiger partial charge in [-0.25, -0.2) is 4.39 Å². The monoisotopic (exact) mass is 415 g/mol. The summed E-state index contributed by atoms with van der Waals surface area (Å²) in [6, 6.07) is 11.8. The quantitative estimate of drug-likeness (QED) is 0.528. The van der Waals surface area contributed by atoms with Gasteiger partial charge in [-0.2, -0.15) is 5.10 Å². The van der Waals surface area contributed by atoms with E-state index >= 15 is 0 Å².